The molecule has 0 saturated heterocycles. The highest BCUT2D eigenvalue weighted by Gasteiger charge is 2.05. The van der Waals surface area contributed by atoms with Crippen molar-refractivity contribution in [1.82, 2.24) is 0 Å². The summed E-state index contributed by atoms with van der Waals surface area (Å²) in [5.41, 5.74) is 2.22. The molecule has 0 amide bonds. The van der Waals surface area contributed by atoms with Crippen molar-refractivity contribution >= 4 is 6.21 Å². The number of rotatable bonds is 0. The van der Waals surface area contributed by atoms with Crippen molar-refractivity contribution in [3.05, 3.63) is 35.1 Å². The molecule has 0 spiro atoms. The highest BCUT2D eigenvalue weighted by atomic mass is 19.1. The van der Waals surface area contributed by atoms with Gasteiger partial charge in [-0.3, -0.25) is 4.99 Å². The zero-order valence-corrected chi connectivity index (χ0v) is 6.05. The fraction of sp³-hybridized carbons (Fsp3) is 0.222. The molecule has 1 aromatic carbocycles. The first-order chi connectivity index (χ1) is 5.36. The summed E-state index contributed by atoms with van der Waals surface area (Å²) in [5, 5.41) is 0. The molecule has 1 aromatic rings. The predicted molar refractivity (Wildman–Crippen MR) is 42.3 cm³/mol. The molecule has 11 heavy (non-hydrogen) atoms. The fourth-order valence-electron chi connectivity index (χ4n) is 1.27. The molecule has 0 aromatic heterocycles. The Morgan fingerprint density at radius 1 is 1.27 bits per heavy atom. The third-order valence-corrected chi connectivity index (χ3v) is 1.87. The zero-order chi connectivity index (χ0) is 7.68. The smallest absolute Gasteiger partial charge is 0.123 e. The van der Waals surface area contributed by atoms with Gasteiger partial charge < -0.3 is 0 Å². The maximum absolute atomic E-state index is 12.6. The molecule has 2 rings (SSSR count). The van der Waals surface area contributed by atoms with E-state index in [0.717, 1.165) is 12.0 Å². The average Bonchev–Trinajstić information content (AvgIpc) is 2.04. The number of fused-ring (bicyclic) bond motifs is 1. The molecule has 56 valence electrons. The van der Waals surface area contributed by atoms with Crippen LogP contribution in [0.4, 0.5) is 4.39 Å². The number of benzene rings is 1. The van der Waals surface area contributed by atoms with Crippen molar-refractivity contribution in [3.63, 3.8) is 0 Å². The minimum absolute atomic E-state index is 0.166. The van der Waals surface area contributed by atoms with Crippen LogP contribution in [0.3, 0.4) is 0 Å². The van der Waals surface area contributed by atoms with E-state index in [4.69, 9.17) is 0 Å². The number of hydrogen-bond donors (Lipinski definition) is 0. The summed E-state index contributed by atoms with van der Waals surface area (Å²) in [5.74, 6) is -0.166. The Morgan fingerprint density at radius 3 is 3.09 bits per heavy atom. The van der Waals surface area contributed by atoms with Crippen LogP contribution >= 0.6 is 0 Å². The normalized spacial score (nSPS) is 14.6. The number of nitrogens with zero attached hydrogens (tertiary/aromatic N) is 1. The van der Waals surface area contributed by atoms with E-state index in [1.54, 1.807) is 6.07 Å². The minimum atomic E-state index is -0.166. The van der Waals surface area contributed by atoms with Crippen LogP contribution in [-0.2, 0) is 13.0 Å². The molecular weight excluding hydrogens is 141 g/mol. The summed E-state index contributed by atoms with van der Waals surface area (Å²) in [6, 6.07) is 4.89. The van der Waals surface area contributed by atoms with Crippen LogP contribution in [0.25, 0.3) is 0 Å². The van der Waals surface area contributed by atoms with Crippen LogP contribution < -0.4 is 0 Å². The summed E-state index contributed by atoms with van der Waals surface area (Å²) in [6.45, 7) is 0.632. The lowest BCUT2D eigenvalue weighted by molar-refractivity contribution is 0.624. The van der Waals surface area contributed by atoms with E-state index >= 15 is 0 Å². The first-order valence-electron chi connectivity index (χ1n) is 3.62. The molecule has 1 aliphatic heterocycles. The SMILES string of the molecule is Fc1ccc2c(c1)CN=CC2. The van der Waals surface area contributed by atoms with Crippen molar-refractivity contribution < 1.29 is 4.39 Å². The summed E-state index contributed by atoms with van der Waals surface area (Å²) in [4.78, 5) is 4.07. The van der Waals surface area contributed by atoms with E-state index < -0.39 is 0 Å². The first kappa shape index (κ1) is 6.53. The zero-order valence-electron chi connectivity index (χ0n) is 6.05. The molecule has 0 fully saturated rings. The third-order valence-electron chi connectivity index (χ3n) is 1.87. The van der Waals surface area contributed by atoms with Crippen LogP contribution in [0.1, 0.15) is 11.1 Å². The summed E-state index contributed by atoms with van der Waals surface area (Å²) < 4.78 is 12.6. The number of hydrogen-bond acceptors (Lipinski definition) is 1. The molecule has 0 bridgehead atoms. The molecular formula is C9H8FN. The van der Waals surface area contributed by atoms with E-state index in [1.165, 1.54) is 11.6 Å². The van der Waals surface area contributed by atoms with E-state index in [-0.39, 0.29) is 5.82 Å². The lowest BCUT2D eigenvalue weighted by Crippen LogP contribution is -2.00. The average molecular weight is 149 g/mol. The quantitative estimate of drug-likeness (QED) is 0.534. The molecule has 0 atom stereocenters. The predicted octanol–water partition coefficient (Wildman–Crippen LogP) is 1.95. The van der Waals surface area contributed by atoms with Gasteiger partial charge in [-0.25, -0.2) is 4.39 Å². The van der Waals surface area contributed by atoms with Gasteiger partial charge in [-0.05, 0) is 23.3 Å². The van der Waals surface area contributed by atoms with Gasteiger partial charge in [0.25, 0.3) is 0 Å². The molecule has 1 aliphatic rings. The van der Waals surface area contributed by atoms with Crippen molar-refractivity contribution in [2.45, 2.75) is 13.0 Å². The Hall–Kier alpha value is -1.18. The van der Waals surface area contributed by atoms with Crippen LogP contribution in [0.2, 0.25) is 0 Å². The summed E-state index contributed by atoms with van der Waals surface area (Å²) in [6.07, 6.45) is 2.72. The monoisotopic (exact) mass is 149 g/mol. The van der Waals surface area contributed by atoms with Gasteiger partial charge in [-0.1, -0.05) is 6.07 Å². The molecule has 0 saturated carbocycles. The Bertz CT molecular complexity index is 304. The van der Waals surface area contributed by atoms with Crippen LogP contribution in [-0.4, -0.2) is 6.21 Å². The second-order valence-electron chi connectivity index (χ2n) is 2.64. The summed E-state index contributed by atoms with van der Waals surface area (Å²) >= 11 is 0. The lowest BCUT2D eigenvalue weighted by atomic mass is 10.0. The van der Waals surface area contributed by atoms with Crippen molar-refractivity contribution in [3.8, 4) is 0 Å². The molecule has 0 radical (unpaired) electrons. The maximum atomic E-state index is 12.6. The van der Waals surface area contributed by atoms with Crippen LogP contribution in [0, 0.1) is 5.82 Å². The second kappa shape index (κ2) is 2.46. The third kappa shape index (κ3) is 1.16. The first-order valence-corrected chi connectivity index (χ1v) is 3.62. The van der Waals surface area contributed by atoms with Gasteiger partial charge in [-0.2, -0.15) is 0 Å². The van der Waals surface area contributed by atoms with Gasteiger partial charge in [0.05, 0.1) is 6.54 Å². The standard InChI is InChI=1S/C9H8FN/c10-9-2-1-7-3-4-11-6-8(7)5-9/h1-2,4-5H,3,6H2. The van der Waals surface area contributed by atoms with Crippen molar-refractivity contribution in [2.24, 2.45) is 4.99 Å². The van der Waals surface area contributed by atoms with Gasteiger partial charge in [0.2, 0.25) is 0 Å². The highest BCUT2D eigenvalue weighted by molar-refractivity contribution is 5.64. The van der Waals surface area contributed by atoms with Gasteiger partial charge in [-0.15, -0.1) is 0 Å². The van der Waals surface area contributed by atoms with Gasteiger partial charge >= 0.3 is 0 Å². The van der Waals surface area contributed by atoms with Crippen molar-refractivity contribution in [2.75, 3.05) is 0 Å². The van der Waals surface area contributed by atoms with E-state index in [9.17, 15) is 4.39 Å². The minimum Gasteiger partial charge on any atom is -0.292 e. The molecule has 1 nitrogen and oxygen atoms in total. The number of aliphatic imine (C=N–C) groups is 1. The van der Waals surface area contributed by atoms with Gasteiger partial charge in [0.15, 0.2) is 0 Å². The fourth-order valence-corrected chi connectivity index (χ4v) is 1.27. The van der Waals surface area contributed by atoms with Crippen LogP contribution in [0.15, 0.2) is 23.2 Å². The molecule has 2 heteroatoms. The lowest BCUT2D eigenvalue weighted by Gasteiger charge is -2.08. The maximum Gasteiger partial charge on any atom is 0.123 e. The molecule has 0 aliphatic carbocycles. The molecule has 1 heterocycles. The second-order valence-corrected chi connectivity index (χ2v) is 2.64. The molecule has 0 N–H and O–H groups in total. The topological polar surface area (TPSA) is 12.4 Å². The van der Waals surface area contributed by atoms with E-state index in [0.29, 0.717) is 6.54 Å². The highest BCUT2D eigenvalue weighted by Crippen LogP contribution is 2.15. The largest absolute Gasteiger partial charge is 0.292 e. The van der Waals surface area contributed by atoms with E-state index in [2.05, 4.69) is 4.99 Å². The van der Waals surface area contributed by atoms with Crippen molar-refractivity contribution in [1.29, 1.82) is 0 Å². The van der Waals surface area contributed by atoms with Crippen LogP contribution in [0.5, 0.6) is 0 Å². The van der Waals surface area contributed by atoms with E-state index in [1.807, 2.05) is 12.3 Å². The Kier molecular flexibility index (Phi) is 1.46. The molecule has 0 unspecified atom stereocenters. The Labute approximate surface area is 64.6 Å². The van der Waals surface area contributed by atoms with Gasteiger partial charge in [0.1, 0.15) is 5.82 Å². The summed E-state index contributed by atoms with van der Waals surface area (Å²) in [7, 11) is 0. The Morgan fingerprint density at radius 2 is 2.18 bits per heavy atom. The number of halogens is 1. The Balaban J connectivity index is 2.48. The van der Waals surface area contributed by atoms with Gasteiger partial charge in [0, 0.05) is 12.6 Å².